The predicted octanol–water partition coefficient (Wildman–Crippen LogP) is 2.70. The summed E-state index contributed by atoms with van der Waals surface area (Å²) < 4.78 is 6.07. The smallest absolute Gasteiger partial charge is 0.255 e. The number of hydrazine groups is 1. The second-order valence-corrected chi connectivity index (χ2v) is 5.24. The Morgan fingerprint density at radius 3 is 2.76 bits per heavy atom. The molecule has 1 heterocycles. The van der Waals surface area contributed by atoms with Crippen LogP contribution in [0.15, 0.2) is 34.8 Å². The van der Waals surface area contributed by atoms with E-state index in [0.29, 0.717) is 28.5 Å². The van der Waals surface area contributed by atoms with Gasteiger partial charge in [0, 0.05) is 15.7 Å². The number of aromatic nitrogens is 1. The van der Waals surface area contributed by atoms with Gasteiger partial charge in [-0.15, -0.1) is 0 Å². The number of pyridine rings is 1. The van der Waals surface area contributed by atoms with E-state index in [1.165, 1.54) is 0 Å². The van der Waals surface area contributed by atoms with E-state index >= 15 is 0 Å². The van der Waals surface area contributed by atoms with Gasteiger partial charge in [0.05, 0.1) is 12.8 Å². The summed E-state index contributed by atoms with van der Waals surface area (Å²) in [6.45, 7) is 1.79. The third-order valence-electron chi connectivity index (χ3n) is 2.77. The number of nitrogens with one attached hydrogen (secondary N) is 2. The summed E-state index contributed by atoms with van der Waals surface area (Å²) in [6.07, 6.45) is 0. The second kappa shape index (κ2) is 6.55. The van der Waals surface area contributed by atoms with Crippen molar-refractivity contribution in [1.29, 1.82) is 0 Å². The molecule has 110 valence electrons. The molecule has 0 aliphatic heterocycles. The number of anilines is 2. The fraction of sp³-hybridized carbons (Fsp3) is 0.143. The van der Waals surface area contributed by atoms with E-state index in [1.807, 2.05) is 6.07 Å². The van der Waals surface area contributed by atoms with Crippen molar-refractivity contribution >= 4 is 33.3 Å². The molecule has 0 fully saturated rings. The first-order chi connectivity index (χ1) is 10.0. The Bertz CT molecular complexity index is 676. The van der Waals surface area contributed by atoms with Crippen LogP contribution in [0.4, 0.5) is 11.5 Å². The highest BCUT2D eigenvalue weighted by Crippen LogP contribution is 2.28. The molecule has 2 rings (SSSR count). The Balaban J connectivity index is 2.30. The average molecular weight is 351 g/mol. The van der Waals surface area contributed by atoms with E-state index in [9.17, 15) is 4.79 Å². The zero-order chi connectivity index (χ0) is 15.4. The summed E-state index contributed by atoms with van der Waals surface area (Å²) in [6, 6.07) is 8.63. The molecular formula is C14H15BrN4O2. The Morgan fingerprint density at radius 1 is 1.33 bits per heavy atom. The normalized spacial score (nSPS) is 10.1. The van der Waals surface area contributed by atoms with Crippen LogP contribution >= 0.6 is 15.9 Å². The predicted molar refractivity (Wildman–Crippen MR) is 85.4 cm³/mol. The maximum Gasteiger partial charge on any atom is 0.255 e. The number of hydrogen-bond acceptors (Lipinski definition) is 5. The van der Waals surface area contributed by atoms with E-state index in [2.05, 4.69) is 31.7 Å². The standard InChI is InChI=1S/C14H15BrN4O2/c1-8-5-9(6-13(17-8)19-16)14(20)18-11-7-10(15)3-4-12(11)21-2/h3-7H,16H2,1-2H3,(H,17,19)(H,18,20). The van der Waals surface area contributed by atoms with Crippen molar-refractivity contribution in [2.75, 3.05) is 17.9 Å². The average Bonchev–Trinajstić information content (AvgIpc) is 2.46. The van der Waals surface area contributed by atoms with Crippen LogP contribution in [0.3, 0.4) is 0 Å². The molecule has 0 saturated heterocycles. The van der Waals surface area contributed by atoms with Crippen molar-refractivity contribution < 1.29 is 9.53 Å². The molecule has 1 amide bonds. The third kappa shape index (κ3) is 3.71. The second-order valence-electron chi connectivity index (χ2n) is 4.33. The molecule has 7 heteroatoms. The molecular weight excluding hydrogens is 336 g/mol. The first-order valence-corrected chi connectivity index (χ1v) is 6.93. The lowest BCUT2D eigenvalue weighted by Crippen LogP contribution is -2.15. The summed E-state index contributed by atoms with van der Waals surface area (Å²) in [4.78, 5) is 16.5. The highest BCUT2D eigenvalue weighted by Gasteiger charge is 2.12. The minimum absolute atomic E-state index is 0.270. The number of nitrogens with two attached hydrogens (primary N) is 1. The van der Waals surface area contributed by atoms with Crippen molar-refractivity contribution in [3.05, 3.63) is 46.1 Å². The number of nitrogens with zero attached hydrogens (tertiary/aromatic N) is 1. The Hall–Kier alpha value is -2.12. The molecule has 4 N–H and O–H groups in total. The van der Waals surface area contributed by atoms with E-state index in [1.54, 1.807) is 38.3 Å². The van der Waals surface area contributed by atoms with Gasteiger partial charge in [-0.1, -0.05) is 15.9 Å². The Labute approximate surface area is 130 Å². The van der Waals surface area contributed by atoms with Gasteiger partial charge >= 0.3 is 0 Å². The molecule has 0 unspecified atom stereocenters. The molecule has 0 bridgehead atoms. The van der Waals surface area contributed by atoms with Crippen molar-refractivity contribution in [2.24, 2.45) is 5.84 Å². The molecule has 0 atom stereocenters. The molecule has 0 saturated carbocycles. The van der Waals surface area contributed by atoms with Crippen molar-refractivity contribution in [2.45, 2.75) is 6.92 Å². The highest BCUT2D eigenvalue weighted by atomic mass is 79.9. The van der Waals surface area contributed by atoms with Gasteiger partial charge in [-0.2, -0.15) is 0 Å². The summed E-state index contributed by atoms with van der Waals surface area (Å²) in [5.41, 5.74) is 4.16. The van der Waals surface area contributed by atoms with Crippen molar-refractivity contribution in [3.63, 3.8) is 0 Å². The molecule has 21 heavy (non-hydrogen) atoms. The fourth-order valence-corrected chi connectivity index (χ4v) is 2.21. The van der Waals surface area contributed by atoms with Gasteiger partial charge in [-0.25, -0.2) is 10.8 Å². The number of halogens is 1. The number of hydrogen-bond donors (Lipinski definition) is 3. The molecule has 6 nitrogen and oxygen atoms in total. The largest absolute Gasteiger partial charge is 0.495 e. The van der Waals surface area contributed by atoms with E-state index < -0.39 is 0 Å². The fourth-order valence-electron chi connectivity index (χ4n) is 1.85. The summed E-state index contributed by atoms with van der Waals surface area (Å²) in [7, 11) is 1.55. The number of methoxy groups -OCH3 is 1. The van der Waals surface area contributed by atoms with E-state index in [4.69, 9.17) is 10.6 Å². The number of aryl methyl sites for hydroxylation is 1. The van der Waals surface area contributed by atoms with E-state index in [0.717, 1.165) is 4.47 Å². The molecule has 1 aromatic carbocycles. The molecule has 2 aromatic rings. The molecule has 1 aromatic heterocycles. The summed E-state index contributed by atoms with van der Waals surface area (Å²) >= 11 is 3.36. The molecule has 0 aliphatic carbocycles. The van der Waals surface area contributed by atoms with Crippen molar-refractivity contribution in [3.8, 4) is 5.75 Å². The number of rotatable bonds is 4. The lowest BCUT2D eigenvalue weighted by molar-refractivity contribution is 0.102. The van der Waals surface area contributed by atoms with Gasteiger partial charge in [-0.05, 0) is 37.3 Å². The molecule has 0 radical (unpaired) electrons. The number of ether oxygens (including phenoxy) is 1. The molecule has 0 aliphatic rings. The van der Waals surface area contributed by atoms with Crippen LogP contribution in [0.5, 0.6) is 5.75 Å². The number of carbonyl (C=O) groups is 1. The van der Waals surface area contributed by atoms with E-state index in [-0.39, 0.29) is 5.91 Å². The SMILES string of the molecule is COc1ccc(Br)cc1NC(=O)c1cc(C)nc(NN)c1. The minimum Gasteiger partial charge on any atom is -0.495 e. The van der Waals surface area contributed by atoms with Gasteiger partial charge in [0.25, 0.3) is 5.91 Å². The first kappa shape index (κ1) is 15.3. The first-order valence-electron chi connectivity index (χ1n) is 6.13. The zero-order valence-electron chi connectivity index (χ0n) is 11.6. The number of benzene rings is 1. The third-order valence-corrected chi connectivity index (χ3v) is 3.27. The van der Waals surface area contributed by atoms with Crippen LogP contribution in [-0.2, 0) is 0 Å². The quantitative estimate of drug-likeness (QED) is 0.582. The van der Waals surface area contributed by atoms with Crippen LogP contribution in [0.1, 0.15) is 16.1 Å². The highest BCUT2D eigenvalue weighted by molar-refractivity contribution is 9.10. The monoisotopic (exact) mass is 350 g/mol. The Morgan fingerprint density at radius 2 is 2.10 bits per heavy atom. The lowest BCUT2D eigenvalue weighted by atomic mass is 10.2. The van der Waals surface area contributed by atoms with Gasteiger partial charge in [0.2, 0.25) is 0 Å². The number of nitrogen functional groups attached to an aromatic ring is 1. The van der Waals surface area contributed by atoms with Gasteiger partial charge < -0.3 is 15.5 Å². The lowest BCUT2D eigenvalue weighted by Gasteiger charge is -2.11. The van der Waals surface area contributed by atoms with Gasteiger partial charge in [-0.3, -0.25) is 4.79 Å². The summed E-state index contributed by atoms with van der Waals surface area (Å²) in [5, 5.41) is 2.81. The maximum atomic E-state index is 12.3. The summed E-state index contributed by atoms with van der Waals surface area (Å²) in [5.74, 6) is 6.08. The van der Waals surface area contributed by atoms with Gasteiger partial charge in [0.1, 0.15) is 11.6 Å². The van der Waals surface area contributed by atoms with Crippen molar-refractivity contribution in [1.82, 2.24) is 4.98 Å². The maximum absolute atomic E-state index is 12.3. The molecule has 0 spiro atoms. The van der Waals surface area contributed by atoms with Crippen LogP contribution in [0, 0.1) is 6.92 Å². The number of amides is 1. The Kier molecular flexibility index (Phi) is 4.77. The van der Waals surface area contributed by atoms with Crippen LogP contribution in [-0.4, -0.2) is 18.0 Å². The minimum atomic E-state index is -0.270. The zero-order valence-corrected chi connectivity index (χ0v) is 13.2. The van der Waals surface area contributed by atoms with Crippen LogP contribution in [0.25, 0.3) is 0 Å². The van der Waals surface area contributed by atoms with Crippen LogP contribution < -0.4 is 21.3 Å². The topological polar surface area (TPSA) is 89.3 Å². The number of carbonyl (C=O) groups excluding carboxylic acids is 1. The van der Waals surface area contributed by atoms with Crippen LogP contribution in [0.2, 0.25) is 0 Å². The van der Waals surface area contributed by atoms with Gasteiger partial charge in [0.15, 0.2) is 0 Å².